The maximum absolute atomic E-state index is 12.5. The molecule has 0 radical (unpaired) electrons. The lowest BCUT2D eigenvalue weighted by molar-refractivity contribution is 0.0595. The van der Waals surface area contributed by atoms with Crippen LogP contribution in [0.5, 0.6) is 0 Å². The predicted octanol–water partition coefficient (Wildman–Crippen LogP) is 4.58. The molecule has 2 heterocycles. The Morgan fingerprint density at radius 2 is 1.88 bits per heavy atom. The summed E-state index contributed by atoms with van der Waals surface area (Å²) in [6, 6.07) is 7.11. The lowest BCUT2D eigenvalue weighted by Crippen LogP contribution is -2.12. The van der Waals surface area contributed by atoms with Crippen LogP contribution in [0.15, 0.2) is 24.3 Å². The minimum Gasteiger partial charge on any atom is -0.464 e. The van der Waals surface area contributed by atoms with Crippen molar-refractivity contribution >= 4 is 51.3 Å². The van der Waals surface area contributed by atoms with Gasteiger partial charge in [-0.25, -0.2) is 14.8 Å². The third-order valence-corrected chi connectivity index (χ3v) is 5.86. The van der Waals surface area contributed by atoms with E-state index < -0.39 is 5.97 Å². The zero-order valence-corrected chi connectivity index (χ0v) is 16.5. The highest BCUT2D eigenvalue weighted by Crippen LogP contribution is 2.37. The van der Waals surface area contributed by atoms with Crippen LogP contribution in [0.1, 0.15) is 30.9 Å². The summed E-state index contributed by atoms with van der Waals surface area (Å²) in [5.41, 5.74) is 1.41. The van der Waals surface area contributed by atoms with E-state index in [-0.39, 0.29) is 16.7 Å². The Bertz CT molecular complexity index is 997. The maximum atomic E-state index is 12.5. The Labute approximate surface area is 162 Å². The summed E-state index contributed by atoms with van der Waals surface area (Å²) < 4.78 is 4.81. The normalized spacial score (nSPS) is 10.6. The van der Waals surface area contributed by atoms with Crippen molar-refractivity contribution in [2.24, 2.45) is 0 Å². The number of aromatic nitrogens is 2. The summed E-state index contributed by atoms with van der Waals surface area (Å²) in [4.78, 5) is 34.1. The third kappa shape index (κ3) is 3.62. The van der Waals surface area contributed by atoms with E-state index in [4.69, 9.17) is 16.3 Å². The molecular weight excluding hydrogens is 394 g/mol. The van der Waals surface area contributed by atoms with Gasteiger partial charge < -0.3 is 4.74 Å². The van der Waals surface area contributed by atoms with Gasteiger partial charge in [-0.1, -0.05) is 41.1 Å². The molecule has 0 spiro atoms. The zero-order chi connectivity index (χ0) is 18.8. The van der Waals surface area contributed by atoms with Gasteiger partial charge in [0.25, 0.3) is 5.91 Å². The van der Waals surface area contributed by atoms with Gasteiger partial charge in [-0.15, -0.1) is 11.3 Å². The van der Waals surface area contributed by atoms with Crippen LogP contribution in [0, 0.1) is 13.8 Å². The predicted molar refractivity (Wildman–Crippen MR) is 103 cm³/mol. The van der Waals surface area contributed by atoms with Crippen molar-refractivity contribution < 1.29 is 14.3 Å². The van der Waals surface area contributed by atoms with Crippen LogP contribution < -0.4 is 5.32 Å². The van der Waals surface area contributed by atoms with Crippen LogP contribution in [0.3, 0.4) is 0 Å². The number of aryl methyl sites for hydroxylation is 2. The molecule has 134 valence electrons. The third-order valence-electron chi connectivity index (χ3n) is 3.45. The van der Waals surface area contributed by atoms with E-state index in [0.717, 1.165) is 16.3 Å². The number of hydrogen-bond donors (Lipinski definition) is 1. The molecule has 0 unspecified atom stereocenters. The van der Waals surface area contributed by atoms with Crippen molar-refractivity contribution in [3.05, 3.63) is 50.6 Å². The van der Waals surface area contributed by atoms with Crippen molar-refractivity contribution in [1.29, 1.82) is 0 Å². The largest absolute Gasteiger partial charge is 0.464 e. The van der Waals surface area contributed by atoms with Gasteiger partial charge in [0.05, 0.1) is 22.7 Å². The zero-order valence-electron chi connectivity index (χ0n) is 14.1. The Kier molecular flexibility index (Phi) is 5.36. The van der Waals surface area contributed by atoms with Crippen molar-refractivity contribution in [2.45, 2.75) is 13.8 Å². The summed E-state index contributed by atoms with van der Waals surface area (Å²) in [5.74, 6) is -0.912. The van der Waals surface area contributed by atoms with Crippen molar-refractivity contribution in [2.75, 3.05) is 12.4 Å². The molecule has 0 saturated carbocycles. The number of carbonyl (C=O) groups is 2. The fraction of sp³-hybridized carbons (Fsp3) is 0.176. The van der Waals surface area contributed by atoms with E-state index in [9.17, 15) is 9.59 Å². The van der Waals surface area contributed by atoms with E-state index in [1.165, 1.54) is 18.4 Å². The number of amides is 1. The van der Waals surface area contributed by atoms with E-state index in [0.29, 0.717) is 26.0 Å². The first-order chi connectivity index (χ1) is 12.4. The second-order valence-electron chi connectivity index (χ2n) is 5.27. The number of hydrogen-bond acceptors (Lipinski definition) is 7. The van der Waals surface area contributed by atoms with Gasteiger partial charge in [-0.2, -0.15) is 0 Å². The summed E-state index contributed by atoms with van der Waals surface area (Å²) in [6.45, 7) is 3.61. The molecular formula is C17H14ClN3O3S2. The standard InChI is InChI=1S/C17H14ClN3O3S2/c1-8-13(25-9(2)19-8)15(22)21-17-20-12(16(23)24-3)14(26-17)10-6-4-5-7-11(10)18/h4-7H,1-3H3,(H,20,21,22). The number of nitrogens with one attached hydrogen (secondary N) is 1. The number of thiazole rings is 2. The summed E-state index contributed by atoms with van der Waals surface area (Å²) in [7, 11) is 1.28. The number of rotatable bonds is 4. The molecule has 0 atom stereocenters. The lowest BCUT2D eigenvalue weighted by Gasteiger charge is -2.02. The summed E-state index contributed by atoms with van der Waals surface area (Å²) >= 11 is 8.71. The van der Waals surface area contributed by atoms with Crippen LogP contribution in [0.4, 0.5) is 5.13 Å². The minimum absolute atomic E-state index is 0.109. The van der Waals surface area contributed by atoms with Gasteiger partial charge in [0.2, 0.25) is 0 Å². The number of nitrogens with zero attached hydrogens (tertiary/aromatic N) is 2. The Balaban J connectivity index is 1.99. The van der Waals surface area contributed by atoms with Crippen molar-refractivity contribution in [3.63, 3.8) is 0 Å². The molecule has 2 aromatic heterocycles. The first kappa shape index (κ1) is 18.5. The van der Waals surface area contributed by atoms with Gasteiger partial charge in [0.15, 0.2) is 10.8 Å². The molecule has 0 bridgehead atoms. The van der Waals surface area contributed by atoms with Gasteiger partial charge in [0, 0.05) is 10.6 Å². The number of methoxy groups -OCH3 is 1. The second kappa shape index (κ2) is 7.53. The Morgan fingerprint density at radius 3 is 2.50 bits per heavy atom. The molecule has 1 aromatic carbocycles. The molecule has 0 aliphatic carbocycles. The Morgan fingerprint density at radius 1 is 1.15 bits per heavy atom. The smallest absolute Gasteiger partial charge is 0.358 e. The molecule has 0 saturated heterocycles. The number of anilines is 1. The molecule has 3 aromatic rings. The Hall–Kier alpha value is -2.29. The number of halogens is 1. The van der Waals surface area contributed by atoms with Gasteiger partial charge in [-0.05, 0) is 19.9 Å². The molecule has 0 aliphatic rings. The van der Waals surface area contributed by atoms with Crippen molar-refractivity contribution in [3.8, 4) is 10.4 Å². The molecule has 0 aliphatic heterocycles. The topological polar surface area (TPSA) is 81.2 Å². The number of carbonyl (C=O) groups excluding carboxylic acids is 2. The first-order valence-electron chi connectivity index (χ1n) is 7.50. The van der Waals surface area contributed by atoms with Gasteiger partial charge >= 0.3 is 5.97 Å². The fourth-order valence-electron chi connectivity index (χ4n) is 2.33. The van der Waals surface area contributed by atoms with E-state index in [2.05, 4.69) is 15.3 Å². The average Bonchev–Trinajstić information content (AvgIpc) is 3.17. The van der Waals surface area contributed by atoms with Crippen LogP contribution in [-0.4, -0.2) is 29.0 Å². The van der Waals surface area contributed by atoms with Gasteiger partial charge in [-0.3, -0.25) is 10.1 Å². The fourth-order valence-corrected chi connectivity index (χ4v) is 4.42. The van der Waals surface area contributed by atoms with Crippen LogP contribution in [-0.2, 0) is 4.74 Å². The molecule has 1 amide bonds. The monoisotopic (exact) mass is 407 g/mol. The minimum atomic E-state index is -0.596. The van der Waals surface area contributed by atoms with E-state index >= 15 is 0 Å². The van der Waals surface area contributed by atoms with Crippen LogP contribution in [0.2, 0.25) is 5.02 Å². The number of esters is 1. The quantitative estimate of drug-likeness (QED) is 0.640. The second-order valence-corrected chi connectivity index (χ2v) is 7.88. The SMILES string of the molecule is COC(=O)c1nc(NC(=O)c2sc(C)nc2C)sc1-c1ccccc1Cl. The van der Waals surface area contributed by atoms with E-state index in [1.807, 2.05) is 13.0 Å². The molecule has 1 N–H and O–H groups in total. The highest BCUT2D eigenvalue weighted by Gasteiger charge is 2.23. The van der Waals surface area contributed by atoms with Crippen LogP contribution in [0.25, 0.3) is 10.4 Å². The average molecular weight is 408 g/mol. The van der Waals surface area contributed by atoms with Crippen LogP contribution >= 0.6 is 34.3 Å². The number of ether oxygens (including phenoxy) is 1. The van der Waals surface area contributed by atoms with Crippen molar-refractivity contribution in [1.82, 2.24) is 9.97 Å². The highest BCUT2D eigenvalue weighted by atomic mass is 35.5. The molecule has 0 fully saturated rings. The molecule has 6 nitrogen and oxygen atoms in total. The highest BCUT2D eigenvalue weighted by molar-refractivity contribution is 7.19. The van der Waals surface area contributed by atoms with Gasteiger partial charge in [0.1, 0.15) is 4.88 Å². The molecule has 3 rings (SSSR count). The molecule has 9 heteroatoms. The number of benzene rings is 1. The maximum Gasteiger partial charge on any atom is 0.358 e. The summed E-state index contributed by atoms with van der Waals surface area (Å²) in [6.07, 6.45) is 0. The lowest BCUT2D eigenvalue weighted by atomic mass is 10.1. The van der Waals surface area contributed by atoms with E-state index in [1.54, 1.807) is 25.1 Å². The molecule has 26 heavy (non-hydrogen) atoms. The summed E-state index contributed by atoms with van der Waals surface area (Å²) in [5, 5.41) is 4.30. The first-order valence-corrected chi connectivity index (χ1v) is 9.51.